The second-order valence-electron chi connectivity index (χ2n) is 5.11. The molecule has 0 spiro atoms. The number of carbonyl (C=O) groups excluding carboxylic acids is 2. The van der Waals surface area contributed by atoms with Gasteiger partial charge in [-0.1, -0.05) is 0 Å². The summed E-state index contributed by atoms with van der Waals surface area (Å²) in [5.41, 5.74) is 0.589. The van der Waals surface area contributed by atoms with Crippen LogP contribution in [0.15, 0.2) is 18.2 Å². The number of nitro benzene ring substituents is 1. The molecule has 1 fully saturated rings. The van der Waals surface area contributed by atoms with Crippen LogP contribution in [-0.4, -0.2) is 40.0 Å². The maximum atomic E-state index is 11.9. The zero-order valence-electron chi connectivity index (χ0n) is 11.7. The first-order valence-corrected chi connectivity index (χ1v) is 6.66. The molecule has 0 saturated carbocycles. The molecule has 1 unspecified atom stereocenters. The van der Waals surface area contributed by atoms with E-state index in [1.54, 1.807) is 18.0 Å². The molecule has 0 bridgehead atoms. The summed E-state index contributed by atoms with van der Waals surface area (Å²) in [4.78, 5) is 35.2. The fraction of sp³-hybridized carbons (Fsp3) is 0.308. The highest BCUT2D eigenvalue weighted by Gasteiger charge is 2.31. The number of non-ortho nitro benzene ring substituents is 1. The molecule has 9 heteroatoms. The Morgan fingerprint density at radius 3 is 2.86 bits per heavy atom. The number of aromatic nitrogens is 2. The number of H-pyrrole nitrogens is 1. The molecule has 1 saturated heterocycles. The van der Waals surface area contributed by atoms with Crippen LogP contribution in [0, 0.1) is 10.1 Å². The average Bonchev–Trinajstić information content (AvgIpc) is 2.89. The maximum absolute atomic E-state index is 11.9. The number of hydrogen-bond donors (Lipinski definition) is 2. The van der Waals surface area contributed by atoms with Crippen molar-refractivity contribution in [2.45, 2.75) is 18.9 Å². The predicted octanol–water partition coefficient (Wildman–Crippen LogP) is 0.712. The van der Waals surface area contributed by atoms with Crippen molar-refractivity contribution in [1.29, 1.82) is 0 Å². The molecule has 2 amide bonds. The van der Waals surface area contributed by atoms with Crippen LogP contribution in [0.4, 0.5) is 11.5 Å². The second kappa shape index (κ2) is 5.10. The van der Waals surface area contributed by atoms with Gasteiger partial charge in [-0.3, -0.25) is 30.1 Å². The van der Waals surface area contributed by atoms with Crippen molar-refractivity contribution in [2.75, 3.05) is 11.9 Å². The van der Waals surface area contributed by atoms with Crippen LogP contribution in [-0.2, 0) is 9.59 Å². The van der Waals surface area contributed by atoms with E-state index in [1.165, 1.54) is 12.1 Å². The number of nitrogens with zero attached hydrogens (tertiary/aromatic N) is 3. The van der Waals surface area contributed by atoms with Gasteiger partial charge in [0.15, 0.2) is 5.82 Å². The molecule has 2 aromatic rings. The molecule has 3 rings (SSSR count). The van der Waals surface area contributed by atoms with E-state index in [0.29, 0.717) is 23.1 Å². The van der Waals surface area contributed by atoms with Crippen molar-refractivity contribution in [1.82, 2.24) is 15.5 Å². The lowest BCUT2D eigenvalue weighted by atomic mass is 10.0. The Morgan fingerprint density at radius 2 is 2.18 bits per heavy atom. The maximum Gasteiger partial charge on any atom is 0.270 e. The number of fused-ring (bicyclic) bond motifs is 1. The van der Waals surface area contributed by atoms with Gasteiger partial charge in [-0.15, -0.1) is 0 Å². The normalized spacial score (nSPS) is 18.3. The van der Waals surface area contributed by atoms with E-state index in [4.69, 9.17) is 0 Å². The monoisotopic (exact) mass is 303 g/mol. The molecule has 2 N–H and O–H groups in total. The Bertz CT molecular complexity index is 784. The molecular weight excluding hydrogens is 290 g/mol. The van der Waals surface area contributed by atoms with E-state index in [-0.39, 0.29) is 23.9 Å². The minimum Gasteiger partial charge on any atom is -0.346 e. The molecule has 0 radical (unpaired) electrons. The Labute approximate surface area is 124 Å². The van der Waals surface area contributed by atoms with Crippen LogP contribution in [0.3, 0.4) is 0 Å². The van der Waals surface area contributed by atoms with E-state index in [1.807, 2.05) is 0 Å². The fourth-order valence-corrected chi connectivity index (χ4v) is 2.57. The van der Waals surface area contributed by atoms with Crippen LogP contribution >= 0.6 is 0 Å². The number of likely N-dealkylation sites (N-methyl/N-ethyl adjacent to an activating group) is 1. The molecule has 1 aromatic carbocycles. The molecule has 1 aliphatic rings. The van der Waals surface area contributed by atoms with Gasteiger partial charge in [0.25, 0.3) is 5.69 Å². The van der Waals surface area contributed by atoms with Crippen molar-refractivity contribution < 1.29 is 14.5 Å². The summed E-state index contributed by atoms with van der Waals surface area (Å²) in [5.74, 6) is -0.245. The number of anilines is 1. The Morgan fingerprint density at radius 1 is 1.41 bits per heavy atom. The first-order chi connectivity index (χ1) is 10.5. The van der Waals surface area contributed by atoms with E-state index >= 15 is 0 Å². The van der Waals surface area contributed by atoms with Crippen LogP contribution in [0.5, 0.6) is 0 Å². The number of piperidine rings is 1. The smallest absolute Gasteiger partial charge is 0.270 e. The zero-order chi connectivity index (χ0) is 15.9. The topological polar surface area (TPSA) is 121 Å². The molecule has 2 heterocycles. The minimum absolute atomic E-state index is 0.0492. The highest BCUT2D eigenvalue weighted by molar-refractivity contribution is 6.02. The number of hydrogen-bond acceptors (Lipinski definition) is 6. The standard InChI is InChI=1S/C13H13N5O4/c1-17(10-4-5-11(19)14-13(10)20)12-8-6-7(18(21)22)2-3-9(8)15-16-12/h2-3,6,10H,4-5H2,1H3,(H,15,16)(H,14,19,20). The third-order valence-electron chi connectivity index (χ3n) is 3.75. The van der Waals surface area contributed by atoms with E-state index in [9.17, 15) is 19.7 Å². The number of aromatic amines is 1. The summed E-state index contributed by atoms with van der Waals surface area (Å²) in [6.07, 6.45) is 0.633. The van der Waals surface area contributed by atoms with Crippen LogP contribution < -0.4 is 10.2 Å². The number of rotatable bonds is 3. The van der Waals surface area contributed by atoms with Gasteiger partial charge in [0.05, 0.1) is 15.8 Å². The van der Waals surface area contributed by atoms with E-state index < -0.39 is 11.0 Å². The largest absolute Gasteiger partial charge is 0.346 e. The van der Waals surface area contributed by atoms with E-state index in [0.717, 1.165) is 0 Å². The van der Waals surface area contributed by atoms with Crippen molar-refractivity contribution in [3.8, 4) is 0 Å². The molecule has 1 atom stereocenters. The van der Waals surface area contributed by atoms with Crippen molar-refractivity contribution in [2.24, 2.45) is 0 Å². The van der Waals surface area contributed by atoms with Crippen LogP contribution in [0.2, 0.25) is 0 Å². The lowest BCUT2D eigenvalue weighted by molar-refractivity contribution is -0.384. The second-order valence-corrected chi connectivity index (χ2v) is 5.11. The van der Waals surface area contributed by atoms with Gasteiger partial charge in [0.1, 0.15) is 6.04 Å². The fourth-order valence-electron chi connectivity index (χ4n) is 2.57. The summed E-state index contributed by atoms with van der Waals surface area (Å²) in [5, 5.41) is 20.7. The molecule has 9 nitrogen and oxygen atoms in total. The van der Waals surface area contributed by atoms with Gasteiger partial charge in [-0.2, -0.15) is 5.10 Å². The van der Waals surface area contributed by atoms with Crippen molar-refractivity contribution >= 4 is 34.2 Å². The summed E-state index contributed by atoms with van der Waals surface area (Å²) < 4.78 is 0. The summed E-state index contributed by atoms with van der Waals surface area (Å²) >= 11 is 0. The number of imide groups is 1. The summed E-state index contributed by atoms with van der Waals surface area (Å²) in [6, 6.07) is 3.83. The first kappa shape index (κ1) is 14.0. The molecular formula is C13H13N5O4. The number of nitrogens with one attached hydrogen (secondary N) is 2. The number of nitro groups is 1. The van der Waals surface area contributed by atoms with Gasteiger partial charge >= 0.3 is 0 Å². The molecule has 114 valence electrons. The van der Waals surface area contributed by atoms with E-state index in [2.05, 4.69) is 15.5 Å². The van der Waals surface area contributed by atoms with Gasteiger partial charge in [0, 0.05) is 25.6 Å². The predicted molar refractivity (Wildman–Crippen MR) is 77.3 cm³/mol. The number of carbonyl (C=O) groups is 2. The highest BCUT2D eigenvalue weighted by atomic mass is 16.6. The molecule has 1 aliphatic heterocycles. The Kier molecular flexibility index (Phi) is 3.24. The Balaban J connectivity index is 1.98. The van der Waals surface area contributed by atoms with Gasteiger partial charge in [-0.05, 0) is 12.5 Å². The van der Waals surface area contributed by atoms with Gasteiger partial charge in [-0.25, -0.2) is 0 Å². The third kappa shape index (κ3) is 2.26. The van der Waals surface area contributed by atoms with Crippen LogP contribution in [0.25, 0.3) is 10.9 Å². The highest BCUT2D eigenvalue weighted by Crippen LogP contribution is 2.29. The minimum atomic E-state index is -0.538. The average molecular weight is 303 g/mol. The Hall–Kier alpha value is -2.97. The lowest BCUT2D eigenvalue weighted by Gasteiger charge is -2.29. The zero-order valence-corrected chi connectivity index (χ0v) is 11.7. The lowest BCUT2D eigenvalue weighted by Crippen LogP contribution is -2.51. The van der Waals surface area contributed by atoms with Gasteiger partial charge < -0.3 is 4.90 Å². The van der Waals surface area contributed by atoms with Gasteiger partial charge in [0.2, 0.25) is 11.8 Å². The first-order valence-electron chi connectivity index (χ1n) is 6.66. The molecule has 0 aliphatic carbocycles. The summed E-state index contributed by atoms with van der Waals surface area (Å²) in [7, 11) is 1.68. The quantitative estimate of drug-likeness (QED) is 0.489. The SMILES string of the molecule is CN(c1n[nH]c2ccc([N+](=O)[O-])cc12)C1CCC(=O)NC1=O. The number of benzene rings is 1. The molecule has 22 heavy (non-hydrogen) atoms. The van der Waals surface area contributed by atoms with Crippen molar-refractivity contribution in [3.05, 3.63) is 28.3 Å². The van der Waals surface area contributed by atoms with Crippen LogP contribution in [0.1, 0.15) is 12.8 Å². The summed E-state index contributed by atoms with van der Waals surface area (Å²) in [6.45, 7) is 0. The molecule has 1 aromatic heterocycles. The third-order valence-corrected chi connectivity index (χ3v) is 3.75. The van der Waals surface area contributed by atoms with Crippen molar-refractivity contribution in [3.63, 3.8) is 0 Å². The number of amides is 2.